The Morgan fingerprint density at radius 3 is 1.68 bits per heavy atom. The predicted octanol–water partition coefficient (Wildman–Crippen LogP) is 3.93. The average molecular weight is 380 g/mol. The van der Waals surface area contributed by atoms with Crippen LogP contribution in [0.4, 0.5) is 0 Å². The van der Waals surface area contributed by atoms with E-state index >= 15 is 0 Å². The Labute approximate surface area is 162 Å². The highest BCUT2D eigenvalue weighted by Crippen LogP contribution is 2.17. The van der Waals surface area contributed by atoms with Crippen molar-refractivity contribution in [2.75, 3.05) is 7.11 Å². The Kier molecular flexibility index (Phi) is 7.60. The van der Waals surface area contributed by atoms with E-state index in [0.29, 0.717) is 0 Å². The van der Waals surface area contributed by atoms with Gasteiger partial charge in [0.2, 0.25) is 0 Å². The van der Waals surface area contributed by atoms with Gasteiger partial charge in [0, 0.05) is 0 Å². The molecule has 0 unspecified atom stereocenters. The molecule has 3 aromatic rings. The summed E-state index contributed by atoms with van der Waals surface area (Å²) in [7, 11) is 1.27. The summed E-state index contributed by atoms with van der Waals surface area (Å²) >= 11 is 0. The Bertz CT molecular complexity index is 921. The van der Waals surface area contributed by atoms with E-state index in [0.717, 1.165) is 5.56 Å². The number of rotatable bonds is 4. The average Bonchev–Trinajstić information content (AvgIpc) is 2.73. The number of esters is 2. The first kappa shape index (κ1) is 20.5. The smallest absolute Gasteiger partial charge is 0.342 e. The van der Waals surface area contributed by atoms with Crippen LogP contribution < -0.4 is 0 Å². The number of hydrogen-bond acceptors (Lipinski definition) is 6. The van der Waals surface area contributed by atoms with Crippen LogP contribution in [0.25, 0.3) is 0 Å². The first-order valence-corrected chi connectivity index (χ1v) is 8.38. The standard InChI is InChI=1S/C14H12O3.C8H8O3/c15-13-9-5-4-8-12(13)14(16)17-10-11-6-2-1-3-7-11;1-11-8(10)6-4-2-3-5-7(6)9/h1-9,15H,10H2;2-5,9H,1H3. The molecule has 0 spiro atoms. The van der Waals surface area contributed by atoms with Crippen molar-refractivity contribution in [3.05, 3.63) is 95.6 Å². The topological polar surface area (TPSA) is 93.1 Å². The first-order chi connectivity index (χ1) is 13.5. The van der Waals surface area contributed by atoms with Gasteiger partial charge in [-0.25, -0.2) is 9.59 Å². The molecule has 6 nitrogen and oxygen atoms in total. The third kappa shape index (κ3) is 5.88. The summed E-state index contributed by atoms with van der Waals surface area (Å²) in [6.07, 6.45) is 0. The van der Waals surface area contributed by atoms with Crippen molar-refractivity contribution in [1.29, 1.82) is 0 Å². The number of phenolic OH excluding ortho intramolecular Hbond substituents is 2. The zero-order valence-electron chi connectivity index (χ0n) is 15.2. The maximum absolute atomic E-state index is 11.7. The number of methoxy groups -OCH3 is 1. The summed E-state index contributed by atoms with van der Waals surface area (Å²) in [6.45, 7) is 0.202. The van der Waals surface area contributed by atoms with Crippen molar-refractivity contribution in [3.8, 4) is 11.5 Å². The molecule has 0 saturated carbocycles. The third-order valence-electron chi connectivity index (χ3n) is 3.65. The monoisotopic (exact) mass is 380 g/mol. The van der Waals surface area contributed by atoms with Crippen LogP contribution >= 0.6 is 0 Å². The molecule has 3 aromatic carbocycles. The molecular formula is C22H20O6. The minimum Gasteiger partial charge on any atom is -0.507 e. The third-order valence-corrected chi connectivity index (χ3v) is 3.65. The van der Waals surface area contributed by atoms with Crippen LogP contribution in [0.15, 0.2) is 78.9 Å². The molecule has 28 heavy (non-hydrogen) atoms. The van der Waals surface area contributed by atoms with Crippen LogP contribution in [0.2, 0.25) is 0 Å². The highest BCUT2D eigenvalue weighted by molar-refractivity contribution is 5.92. The summed E-state index contributed by atoms with van der Waals surface area (Å²) in [5.41, 5.74) is 1.29. The number of aromatic hydroxyl groups is 2. The fraction of sp³-hybridized carbons (Fsp3) is 0.0909. The van der Waals surface area contributed by atoms with Gasteiger partial charge in [-0.2, -0.15) is 0 Å². The second-order valence-electron chi connectivity index (χ2n) is 5.59. The van der Waals surface area contributed by atoms with Gasteiger partial charge in [-0.15, -0.1) is 0 Å². The van der Waals surface area contributed by atoms with Gasteiger partial charge < -0.3 is 19.7 Å². The quantitative estimate of drug-likeness (QED) is 0.666. The zero-order chi connectivity index (χ0) is 20.4. The Morgan fingerprint density at radius 1 is 0.714 bits per heavy atom. The summed E-state index contributed by atoms with van der Waals surface area (Å²) in [5.74, 6) is -1.17. The molecule has 0 bridgehead atoms. The fourth-order valence-electron chi connectivity index (χ4n) is 2.20. The van der Waals surface area contributed by atoms with Crippen molar-refractivity contribution in [3.63, 3.8) is 0 Å². The van der Waals surface area contributed by atoms with E-state index in [1.165, 1.54) is 31.4 Å². The number of ether oxygens (including phenoxy) is 2. The van der Waals surface area contributed by atoms with Crippen LogP contribution in [0.3, 0.4) is 0 Å². The molecule has 3 rings (SSSR count). The molecular weight excluding hydrogens is 360 g/mol. The van der Waals surface area contributed by atoms with Gasteiger partial charge >= 0.3 is 11.9 Å². The molecule has 0 amide bonds. The molecule has 2 N–H and O–H groups in total. The lowest BCUT2D eigenvalue weighted by Crippen LogP contribution is -2.05. The molecule has 0 aliphatic heterocycles. The van der Waals surface area contributed by atoms with Gasteiger partial charge in [-0.05, 0) is 29.8 Å². The van der Waals surface area contributed by atoms with Crippen LogP contribution in [0, 0.1) is 0 Å². The molecule has 144 valence electrons. The molecule has 0 radical (unpaired) electrons. The van der Waals surface area contributed by atoms with Crippen LogP contribution in [0.5, 0.6) is 11.5 Å². The Morgan fingerprint density at radius 2 is 1.18 bits per heavy atom. The minimum absolute atomic E-state index is 0.0562. The number of carbonyl (C=O) groups is 2. The highest BCUT2D eigenvalue weighted by atomic mass is 16.5. The second-order valence-corrected chi connectivity index (χ2v) is 5.59. The minimum atomic E-state index is -0.525. The Hall–Kier alpha value is -3.80. The van der Waals surface area contributed by atoms with Crippen LogP contribution in [-0.2, 0) is 16.1 Å². The number of hydrogen-bond donors (Lipinski definition) is 2. The van der Waals surface area contributed by atoms with Crippen molar-refractivity contribution in [2.45, 2.75) is 6.61 Å². The van der Waals surface area contributed by atoms with Gasteiger partial charge in [-0.3, -0.25) is 0 Å². The van der Waals surface area contributed by atoms with Gasteiger partial charge in [0.05, 0.1) is 7.11 Å². The number of carbonyl (C=O) groups excluding carboxylic acids is 2. The van der Waals surface area contributed by atoms with Crippen molar-refractivity contribution in [2.24, 2.45) is 0 Å². The SMILES string of the molecule is COC(=O)c1ccccc1O.O=C(OCc1ccccc1)c1ccccc1O. The van der Waals surface area contributed by atoms with E-state index in [9.17, 15) is 14.7 Å². The molecule has 0 aliphatic rings. The lowest BCUT2D eigenvalue weighted by molar-refractivity contribution is 0.0468. The van der Waals surface area contributed by atoms with Crippen LogP contribution in [0.1, 0.15) is 26.3 Å². The normalized spacial score (nSPS) is 9.61. The molecule has 0 aromatic heterocycles. The van der Waals surface area contributed by atoms with Gasteiger partial charge in [-0.1, -0.05) is 54.6 Å². The molecule has 0 atom stereocenters. The molecule has 0 aliphatic carbocycles. The first-order valence-electron chi connectivity index (χ1n) is 8.38. The highest BCUT2D eigenvalue weighted by Gasteiger charge is 2.11. The van der Waals surface area contributed by atoms with E-state index in [-0.39, 0.29) is 29.2 Å². The van der Waals surface area contributed by atoms with Gasteiger partial charge in [0.1, 0.15) is 29.2 Å². The Balaban J connectivity index is 0.000000221. The van der Waals surface area contributed by atoms with Gasteiger partial charge in [0.15, 0.2) is 0 Å². The lowest BCUT2D eigenvalue weighted by Gasteiger charge is -2.05. The molecule has 0 fully saturated rings. The van der Waals surface area contributed by atoms with Crippen LogP contribution in [-0.4, -0.2) is 29.3 Å². The largest absolute Gasteiger partial charge is 0.507 e. The van der Waals surface area contributed by atoms with Gasteiger partial charge in [0.25, 0.3) is 0 Å². The summed E-state index contributed by atoms with van der Waals surface area (Å²) in [4.78, 5) is 22.5. The zero-order valence-corrected chi connectivity index (χ0v) is 15.2. The predicted molar refractivity (Wildman–Crippen MR) is 103 cm³/mol. The van der Waals surface area contributed by atoms with E-state index in [2.05, 4.69) is 4.74 Å². The number of benzene rings is 3. The summed E-state index contributed by atoms with van der Waals surface area (Å²) < 4.78 is 9.51. The van der Waals surface area contributed by atoms with E-state index in [1.807, 2.05) is 30.3 Å². The summed E-state index contributed by atoms with van der Waals surface area (Å²) in [5, 5.41) is 18.6. The number of para-hydroxylation sites is 2. The number of phenols is 2. The maximum atomic E-state index is 11.7. The van der Waals surface area contributed by atoms with E-state index in [4.69, 9.17) is 9.84 Å². The summed E-state index contributed by atoms with van der Waals surface area (Å²) in [6, 6.07) is 22.0. The maximum Gasteiger partial charge on any atom is 0.342 e. The van der Waals surface area contributed by atoms with E-state index < -0.39 is 11.9 Å². The molecule has 0 saturated heterocycles. The van der Waals surface area contributed by atoms with Crippen molar-refractivity contribution in [1.82, 2.24) is 0 Å². The lowest BCUT2D eigenvalue weighted by atomic mass is 10.2. The fourth-order valence-corrected chi connectivity index (χ4v) is 2.20. The molecule has 0 heterocycles. The van der Waals surface area contributed by atoms with Crippen molar-refractivity contribution >= 4 is 11.9 Å². The van der Waals surface area contributed by atoms with Crippen molar-refractivity contribution < 1.29 is 29.3 Å². The molecule has 6 heteroatoms. The van der Waals surface area contributed by atoms with E-state index in [1.54, 1.807) is 24.3 Å². The second kappa shape index (κ2) is 10.4.